The summed E-state index contributed by atoms with van der Waals surface area (Å²) in [4.78, 5) is 10.1. The summed E-state index contributed by atoms with van der Waals surface area (Å²) in [7, 11) is 0. The van der Waals surface area contributed by atoms with Gasteiger partial charge in [-0.1, -0.05) is 39.0 Å². The Kier molecular flexibility index (Phi) is 14.9. The third-order valence-electron chi connectivity index (χ3n) is 2.61. The molecule has 0 aromatic rings. The topological polar surface area (TPSA) is 65.0 Å². The van der Waals surface area contributed by atoms with Crippen molar-refractivity contribution in [1.29, 1.82) is 0 Å². The lowest BCUT2D eigenvalue weighted by atomic mass is 10.1. The SMILES string of the molecule is CCCCCCCCOCCOCCOCC(=O)O. The smallest absolute Gasteiger partial charge is 0.329 e. The van der Waals surface area contributed by atoms with Crippen LogP contribution in [0, 0.1) is 0 Å². The van der Waals surface area contributed by atoms with E-state index in [1.54, 1.807) is 0 Å². The number of rotatable bonds is 15. The fourth-order valence-corrected chi connectivity index (χ4v) is 1.58. The maximum atomic E-state index is 10.1. The van der Waals surface area contributed by atoms with E-state index >= 15 is 0 Å². The second kappa shape index (κ2) is 15.4. The van der Waals surface area contributed by atoms with Gasteiger partial charge in [0, 0.05) is 6.61 Å². The molecule has 0 aliphatic rings. The summed E-state index contributed by atoms with van der Waals surface area (Å²) in [6, 6.07) is 0. The van der Waals surface area contributed by atoms with Crippen LogP contribution in [-0.4, -0.2) is 50.7 Å². The van der Waals surface area contributed by atoms with Crippen LogP contribution < -0.4 is 0 Å². The number of ether oxygens (including phenoxy) is 3. The van der Waals surface area contributed by atoms with Gasteiger partial charge in [-0.25, -0.2) is 4.79 Å². The number of hydrogen-bond acceptors (Lipinski definition) is 4. The summed E-state index contributed by atoms with van der Waals surface area (Å²) >= 11 is 0. The number of carbonyl (C=O) groups is 1. The van der Waals surface area contributed by atoms with E-state index < -0.39 is 5.97 Å². The van der Waals surface area contributed by atoms with Gasteiger partial charge >= 0.3 is 5.97 Å². The van der Waals surface area contributed by atoms with E-state index in [-0.39, 0.29) is 6.61 Å². The second-order valence-electron chi connectivity index (χ2n) is 4.44. The van der Waals surface area contributed by atoms with Gasteiger partial charge in [-0.05, 0) is 6.42 Å². The van der Waals surface area contributed by atoms with E-state index in [0.29, 0.717) is 26.4 Å². The van der Waals surface area contributed by atoms with Crippen LogP contribution in [0.25, 0.3) is 0 Å². The standard InChI is InChI=1S/C14H28O5/c1-2-3-4-5-6-7-8-17-9-10-18-11-12-19-13-14(15)16/h2-13H2,1H3,(H,15,16). The van der Waals surface area contributed by atoms with Crippen LogP contribution in [0.4, 0.5) is 0 Å². The molecule has 0 saturated carbocycles. The molecule has 1 N–H and O–H groups in total. The molecule has 0 spiro atoms. The first-order valence-corrected chi connectivity index (χ1v) is 7.22. The average molecular weight is 276 g/mol. The van der Waals surface area contributed by atoms with Gasteiger partial charge in [-0.2, -0.15) is 0 Å². The van der Waals surface area contributed by atoms with E-state index in [2.05, 4.69) is 6.92 Å². The zero-order chi connectivity index (χ0) is 14.2. The van der Waals surface area contributed by atoms with Crippen molar-refractivity contribution in [3.05, 3.63) is 0 Å². The van der Waals surface area contributed by atoms with E-state index in [1.165, 1.54) is 32.1 Å². The highest BCUT2D eigenvalue weighted by atomic mass is 16.5. The molecule has 0 aliphatic carbocycles. The molecule has 0 aromatic carbocycles. The van der Waals surface area contributed by atoms with Crippen molar-refractivity contribution < 1.29 is 24.1 Å². The van der Waals surface area contributed by atoms with Gasteiger partial charge in [-0.3, -0.25) is 0 Å². The highest BCUT2D eigenvalue weighted by molar-refractivity contribution is 5.67. The number of carboxylic acids is 1. The first kappa shape index (κ1) is 18.4. The summed E-state index contributed by atoms with van der Waals surface area (Å²) < 4.78 is 15.5. The second-order valence-corrected chi connectivity index (χ2v) is 4.44. The Balaban J connectivity index is 2.93. The largest absolute Gasteiger partial charge is 0.480 e. The van der Waals surface area contributed by atoms with E-state index in [9.17, 15) is 4.79 Å². The molecule has 0 heterocycles. The van der Waals surface area contributed by atoms with Crippen LogP contribution >= 0.6 is 0 Å². The van der Waals surface area contributed by atoms with Gasteiger partial charge in [0.1, 0.15) is 6.61 Å². The van der Waals surface area contributed by atoms with Crippen molar-refractivity contribution in [1.82, 2.24) is 0 Å². The highest BCUT2D eigenvalue weighted by Gasteiger charge is 1.96. The molecule has 0 amide bonds. The molecule has 0 fully saturated rings. The molecular weight excluding hydrogens is 248 g/mol. The van der Waals surface area contributed by atoms with Crippen molar-refractivity contribution in [3.8, 4) is 0 Å². The van der Waals surface area contributed by atoms with Crippen LogP contribution in [0.15, 0.2) is 0 Å². The predicted octanol–water partition coefficient (Wildman–Crippen LogP) is 2.48. The van der Waals surface area contributed by atoms with Crippen LogP contribution in [0.5, 0.6) is 0 Å². The monoisotopic (exact) mass is 276 g/mol. The average Bonchev–Trinajstić information content (AvgIpc) is 2.39. The molecule has 114 valence electrons. The van der Waals surface area contributed by atoms with E-state index in [4.69, 9.17) is 19.3 Å². The van der Waals surface area contributed by atoms with Crippen molar-refractivity contribution >= 4 is 5.97 Å². The molecule has 5 nitrogen and oxygen atoms in total. The Hall–Kier alpha value is -0.650. The Morgan fingerprint density at radius 3 is 1.95 bits per heavy atom. The molecule has 0 radical (unpaired) electrons. The number of unbranched alkanes of at least 4 members (excludes halogenated alkanes) is 5. The van der Waals surface area contributed by atoms with E-state index in [1.807, 2.05) is 0 Å². The highest BCUT2D eigenvalue weighted by Crippen LogP contribution is 2.04. The normalized spacial score (nSPS) is 10.8. The predicted molar refractivity (Wildman–Crippen MR) is 73.5 cm³/mol. The molecule has 0 bridgehead atoms. The summed E-state index contributed by atoms with van der Waals surface area (Å²) in [6.45, 7) is 4.59. The number of aliphatic carboxylic acids is 1. The fourth-order valence-electron chi connectivity index (χ4n) is 1.58. The Bertz CT molecular complexity index is 196. The lowest BCUT2D eigenvalue weighted by molar-refractivity contribution is -0.142. The zero-order valence-electron chi connectivity index (χ0n) is 12.1. The molecule has 0 aliphatic heterocycles. The molecule has 0 unspecified atom stereocenters. The number of carboxylic acid groups (broad SMARTS) is 1. The van der Waals surface area contributed by atoms with E-state index in [0.717, 1.165) is 13.0 Å². The summed E-state index contributed by atoms with van der Waals surface area (Å²) in [5.74, 6) is -0.956. The molecule has 5 heteroatoms. The zero-order valence-corrected chi connectivity index (χ0v) is 12.1. The molecule has 0 aromatic heterocycles. The fraction of sp³-hybridized carbons (Fsp3) is 0.929. The minimum atomic E-state index is -0.956. The van der Waals surface area contributed by atoms with Gasteiger partial charge in [0.2, 0.25) is 0 Å². The Morgan fingerprint density at radius 1 is 0.789 bits per heavy atom. The lowest BCUT2D eigenvalue weighted by Crippen LogP contribution is -2.13. The van der Waals surface area contributed by atoms with Gasteiger partial charge in [-0.15, -0.1) is 0 Å². The summed E-state index contributed by atoms with van der Waals surface area (Å²) in [5.41, 5.74) is 0. The van der Waals surface area contributed by atoms with Crippen molar-refractivity contribution in [2.45, 2.75) is 45.4 Å². The lowest BCUT2D eigenvalue weighted by Gasteiger charge is -2.06. The molecular formula is C14H28O5. The van der Waals surface area contributed by atoms with Crippen LogP contribution in [0.2, 0.25) is 0 Å². The minimum absolute atomic E-state index is 0.266. The van der Waals surface area contributed by atoms with Crippen LogP contribution in [0.3, 0.4) is 0 Å². The summed E-state index contributed by atoms with van der Waals surface area (Å²) in [6.07, 6.45) is 7.60. The third kappa shape index (κ3) is 17.4. The maximum absolute atomic E-state index is 10.1. The van der Waals surface area contributed by atoms with Gasteiger partial charge in [0.05, 0.1) is 26.4 Å². The number of hydrogen-bond donors (Lipinski definition) is 1. The Labute approximate surface area is 116 Å². The quantitative estimate of drug-likeness (QED) is 0.465. The summed E-state index contributed by atoms with van der Waals surface area (Å²) in [5, 5.41) is 8.32. The molecule has 0 saturated heterocycles. The first-order valence-electron chi connectivity index (χ1n) is 7.22. The first-order chi connectivity index (χ1) is 9.27. The van der Waals surface area contributed by atoms with Gasteiger partial charge in [0.25, 0.3) is 0 Å². The van der Waals surface area contributed by atoms with Gasteiger partial charge < -0.3 is 19.3 Å². The maximum Gasteiger partial charge on any atom is 0.329 e. The van der Waals surface area contributed by atoms with Crippen molar-refractivity contribution in [3.63, 3.8) is 0 Å². The van der Waals surface area contributed by atoms with Gasteiger partial charge in [0.15, 0.2) is 0 Å². The van der Waals surface area contributed by atoms with Crippen molar-refractivity contribution in [2.75, 3.05) is 39.6 Å². The third-order valence-corrected chi connectivity index (χ3v) is 2.61. The Morgan fingerprint density at radius 2 is 1.32 bits per heavy atom. The van der Waals surface area contributed by atoms with Crippen LogP contribution in [-0.2, 0) is 19.0 Å². The van der Waals surface area contributed by atoms with Crippen molar-refractivity contribution in [2.24, 2.45) is 0 Å². The molecule has 0 atom stereocenters. The minimum Gasteiger partial charge on any atom is -0.480 e. The molecule has 19 heavy (non-hydrogen) atoms. The van der Waals surface area contributed by atoms with Crippen LogP contribution in [0.1, 0.15) is 45.4 Å². The molecule has 0 rings (SSSR count).